The normalized spacial score (nSPS) is 11.4. The van der Waals surface area contributed by atoms with Crippen LogP contribution in [0.2, 0.25) is 0 Å². The zero-order valence-electron chi connectivity index (χ0n) is 15.4. The van der Waals surface area contributed by atoms with Crippen molar-refractivity contribution in [2.75, 3.05) is 4.72 Å². The van der Waals surface area contributed by atoms with Gasteiger partial charge < -0.3 is 0 Å². The van der Waals surface area contributed by atoms with Crippen molar-refractivity contribution in [3.8, 4) is 11.1 Å². The summed E-state index contributed by atoms with van der Waals surface area (Å²) in [7, 11) is -3.68. The lowest BCUT2D eigenvalue weighted by atomic mass is 9.95. The highest BCUT2D eigenvalue weighted by molar-refractivity contribution is 7.92. The summed E-state index contributed by atoms with van der Waals surface area (Å²) in [6, 6.07) is 16.7. The smallest absolute Gasteiger partial charge is 0.263 e. The van der Waals surface area contributed by atoms with E-state index in [1.165, 1.54) is 5.56 Å². The summed E-state index contributed by atoms with van der Waals surface area (Å²) in [6.07, 6.45) is 0. The molecule has 2 aromatic carbocycles. The number of hydrogen-bond donors (Lipinski definition) is 1. The van der Waals surface area contributed by atoms with E-state index in [2.05, 4.69) is 41.8 Å². The van der Waals surface area contributed by atoms with E-state index in [1.807, 2.05) is 26.0 Å². The minimum absolute atomic E-state index is 0.229. The summed E-state index contributed by atoms with van der Waals surface area (Å²) in [4.78, 5) is 4.43. The van der Waals surface area contributed by atoms with Crippen molar-refractivity contribution < 1.29 is 8.42 Å². The van der Waals surface area contributed by atoms with Crippen molar-refractivity contribution >= 4 is 15.8 Å². The van der Waals surface area contributed by atoms with Crippen molar-refractivity contribution in [2.24, 2.45) is 0 Å². The lowest BCUT2D eigenvalue weighted by Crippen LogP contribution is -2.14. The largest absolute Gasteiger partial charge is 0.263 e. The summed E-state index contributed by atoms with van der Waals surface area (Å²) in [5.74, 6) is 0.321. The molecular weight excluding hydrogens is 344 g/mol. The van der Waals surface area contributed by atoms with Gasteiger partial charge in [0, 0.05) is 5.69 Å². The Morgan fingerprint density at radius 3 is 2.27 bits per heavy atom. The summed E-state index contributed by atoms with van der Waals surface area (Å²) in [5.41, 5.74) is 6.18. The molecule has 5 heteroatoms. The number of aryl methyl sites for hydroxylation is 4. The SMILES string of the molecule is Cc1ccc(C)c(-c2ccc(S(=O)(=O)Nc3cccc(C)n3)cc2C)c1. The van der Waals surface area contributed by atoms with Crippen LogP contribution in [0.5, 0.6) is 0 Å². The Morgan fingerprint density at radius 2 is 1.58 bits per heavy atom. The van der Waals surface area contributed by atoms with Gasteiger partial charge in [-0.15, -0.1) is 0 Å². The molecule has 3 rings (SSSR count). The van der Waals surface area contributed by atoms with Gasteiger partial charge in [0.05, 0.1) is 4.90 Å². The number of benzene rings is 2. The first-order valence-corrected chi connectivity index (χ1v) is 9.89. The monoisotopic (exact) mass is 366 g/mol. The fourth-order valence-electron chi connectivity index (χ4n) is 2.93. The Bertz CT molecular complexity index is 1070. The Labute approximate surface area is 155 Å². The zero-order chi connectivity index (χ0) is 18.9. The number of sulfonamides is 1. The molecule has 0 radical (unpaired) electrons. The van der Waals surface area contributed by atoms with E-state index in [9.17, 15) is 8.42 Å². The van der Waals surface area contributed by atoms with Crippen molar-refractivity contribution in [3.05, 3.63) is 77.0 Å². The van der Waals surface area contributed by atoms with Gasteiger partial charge in [0.2, 0.25) is 0 Å². The van der Waals surface area contributed by atoms with Crippen LogP contribution in [0.15, 0.2) is 59.5 Å². The second-order valence-corrected chi connectivity index (χ2v) is 8.25. The molecule has 0 aliphatic carbocycles. The molecule has 0 aliphatic rings. The van der Waals surface area contributed by atoms with E-state index >= 15 is 0 Å². The van der Waals surface area contributed by atoms with Crippen LogP contribution in [0.25, 0.3) is 11.1 Å². The van der Waals surface area contributed by atoms with E-state index in [0.29, 0.717) is 5.82 Å². The predicted octanol–water partition coefficient (Wildman–Crippen LogP) is 4.78. The third kappa shape index (κ3) is 3.78. The van der Waals surface area contributed by atoms with Gasteiger partial charge >= 0.3 is 0 Å². The zero-order valence-corrected chi connectivity index (χ0v) is 16.2. The molecule has 4 nitrogen and oxygen atoms in total. The van der Waals surface area contributed by atoms with Crippen LogP contribution < -0.4 is 4.72 Å². The molecule has 26 heavy (non-hydrogen) atoms. The Morgan fingerprint density at radius 1 is 0.808 bits per heavy atom. The highest BCUT2D eigenvalue weighted by Crippen LogP contribution is 2.29. The van der Waals surface area contributed by atoms with Gasteiger partial charge in [0.15, 0.2) is 0 Å². The molecule has 0 amide bonds. The average Bonchev–Trinajstić information content (AvgIpc) is 2.57. The Hall–Kier alpha value is -2.66. The molecule has 134 valence electrons. The van der Waals surface area contributed by atoms with Crippen LogP contribution in [-0.4, -0.2) is 13.4 Å². The lowest BCUT2D eigenvalue weighted by molar-refractivity contribution is 0.601. The minimum Gasteiger partial charge on any atom is -0.263 e. The molecule has 0 spiro atoms. The van der Waals surface area contributed by atoms with Crippen molar-refractivity contribution in [2.45, 2.75) is 32.6 Å². The Kier molecular flexibility index (Phi) is 4.83. The summed E-state index contributed by atoms with van der Waals surface area (Å²) < 4.78 is 27.9. The third-order valence-corrected chi connectivity index (χ3v) is 5.67. The molecule has 0 saturated heterocycles. The third-order valence-electron chi connectivity index (χ3n) is 4.32. The fourth-order valence-corrected chi connectivity index (χ4v) is 4.01. The van der Waals surface area contributed by atoms with Gasteiger partial charge in [-0.2, -0.15) is 0 Å². The summed E-state index contributed by atoms with van der Waals surface area (Å²) in [5, 5.41) is 0. The van der Waals surface area contributed by atoms with Crippen molar-refractivity contribution in [1.29, 1.82) is 0 Å². The van der Waals surface area contributed by atoms with E-state index in [1.54, 1.807) is 24.3 Å². The first kappa shape index (κ1) is 18.1. The number of hydrogen-bond acceptors (Lipinski definition) is 3. The van der Waals surface area contributed by atoms with Gasteiger partial charge in [0.1, 0.15) is 5.82 Å². The molecule has 1 N–H and O–H groups in total. The molecule has 0 fully saturated rings. The number of anilines is 1. The predicted molar refractivity (Wildman–Crippen MR) is 106 cm³/mol. The van der Waals surface area contributed by atoms with E-state index in [4.69, 9.17) is 0 Å². The topological polar surface area (TPSA) is 59.1 Å². The maximum atomic E-state index is 12.7. The average molecular weight is 366 g/mol. The van der Waals surface area contributed by atoms with Gasteiger partial charge in [-0.05, 0) is 74.2 Å². The molecule has 3 aromatic rings. The van der Waals surface area contributed by atoms with Crippen LogP contribution in [0.4, 0.5) is 5.82 Å². The number of rotatable bonds is 4. The fraction of sp³-hybridized carbons (Fsp3) is 0.190. The van der Waals surface area contributed by atoms with E-state index in [0.717, 1.165) is 27.9 Å². The molecule has 0 atom stereocenters. The number of pyridine rings is 1. The molecule has 0 aliphatic heterocycles. The van der Waals surface area contributed by atoms with Gasteiger partial charge in [-0.25, -0.2) is 13.4 Å². The van der Waals surface area contributed by atoms with Crippen LogP contribution in [0, 0.1) is 27.7 Å². The minimum atomic E-state index is -3.68. The first-order valence-electron chi connectivity index (χ1n) is 8.41. The molecular formula is C21H22N2O2S. The second kappa shape index (κ2) is 6.92. The van der Waals surface area contributed by atoms with Crippen LogP contribution in [0.3, 0.4) is 0 Å². The standard InChI is InChI=1S/C21H22N2O2S/c1-14-8-9-15(2)20(12-14)19-11-10-18(13-16(19)3)26(24,25)23-21-7-5-6-17(4)22-21/h5-13H,1-4H3,(H,22,23). The molecule has 1 aromatic heterocycles. The number of aromatic nitrogens is 1. The molecule has 1 heterocycles. The van der Waals surface area contributed by atoms with Gasteiger partial charge in [-0.1, -0.05) is 35.9 Å². The molecule has 0 saturated carbocycles. The second-order valence-electron chi connectivity index (χ2n) is 6.56. The number of nitrogens with zero attached hydrogens (tertiary/aromatic N) is 1. The highest BCUT2D eigenvalue weighted by atomic mass is 32.2. The van der Waals surface area contributed by atoms with E-state index < -0.39 is 10.0 Å². The van der Waals surface area contributed by atoms with Crippen LogP contribution in [-0.2, 0) is 10.0 Å². The quantitative estimate of drug-likeness (QED) is 0.723. The lowest BCUT2D eigenvalue weighted by Gasteiger charge is -2.13. The van der Waals surface area contributed by atoms with Crippen molar-refractivity contribution in [3.63, 3.8) is 0 Å². The summed E-state index contributed by atoms with van der Waals surface area (Å²) in [6.45, 7) is 7.86. The van der Waals surface area contributed by atoms with Gasteiger partial charge in [-0.3, -0.25) is 4.72 Å². The van der Waals surface area contributed by atoms with Crippen molar-refractivity contribution in [1.82, 2.24) is 4.98 Å². The van der Waals surface area contributed by atoms with E-state index in [-0.39, 0.29) is 4.90 Å². The Balaban J connectivity index is 1.97. The maximum absolute atomic E-state index is 12.7. The summed E-state index contributed by atoms with van der Waals surface area (Å²) >= 11 is 0. The molecule has 0 unspecified atom stereocenters. The van der Waals surface area contributed by atoms with Gasteiger partial charge in [0.25, 0.3) is 10.0 Å². The number of nitrogens with one attached hydrogen (secondary N) is 1. The van der Waals surface area contributed by atoms with Crippen LogP contribution in [0.1, 0.15) is 22.4 Å². The van der Waals surface area contributed by atoms with Crippen LogP contribution >= 0.6 is 0 Å². The highest BCUT2D eigenvalue weighted by Gasteiger charge is 2.17. The first-order chi connectivity index (χ1) is 12.3. The molecule has 0 bridgehead atoms. The maximum Gasteiger partial charge on any atom is 0.263 e.